The highest BCUT2D eigenvalue weighted by Gasteiger charge is 2.42. The van der Waals surface area contributed by atoms with Gasteiger partial charge in [-0.15, -0.1) is 0 Å². The molecule has 2 saturated carbocycles. The van der Waals surface area contributed by atoms with E-state index in [2.05, 4.69) is 46.2 Å². The summed E-state index contributed by atoms with van der Waals surface area (Å²) in [6.07, 6.45) is 11.3. The number of likely N-dealkylation sites (tertiary alicyclic amines) is 2. The molecule has 3 unspecified atom stereocenters. The van der Waals surface area contributed by atoms with Crippen molar-refractivity contribution in [2.45, 2.75) is 125 Å². The van der Waals surface area contributed by atoms with E-state index in [1.165, 1.54) is 43.1 Å². The third-order valence-electron chi connectivity index (χ3n) is 14.3. The Bertz CT molecular complexity index is 2210. The summed E-state index contributed by atoms with van der Waals surface area (Å²) >= 11 is 0. The van der Waals surface area contributed by atoms with Gasteiger partial charge < -0.3 is 20.9 Å². The summed E-state index contributed by atoms with van der Waals surface area (Å²) < 4.78 is 36.5. The van der Waals surface area contributed by atoms with E-state index in [9.17, 15) is 28.9 Å². The maximum absolute atomic E-state index is 13.4. The molecule has 3 saturated heterocycles. The van der Waals surface area contributed by atoms with Crippen molar-refractivity contribution in [2.24, 2.45) is 11.5 Å². The average Bonchev–Trinajstić information content (AvgIpc) is 3.75. The van der Waals surface area contributed by atoms with E-state index in [1.54, 1.807) is 24.3 Å². The Kier molecular flexibility index (Phi) is 16.2. The number of halogens is 2. The van der Waals surface area contributed by atoms with E-state index in [-0.39, 0.29) is 28.7 Å². The third-order valence-corrected chi connectivity index (χ3v) is 14.3. The fraction of sp³-hybridized carbons (Fsp3) is 0.472. The second kappa shape index (κ2) is 22.2. The van der Waals surface area contributed by atoms with Gasteiger partial charge in [0.05, 0.1) is 23.0 Å². The number of carbonyl (C=O) groups is 2. The van der Waals surface area contributed by atoms with Crippen LogP contribution in [0.3, 0.4) is 0 Å². The summed E-state index contributed by atoms with van der Waals surface area (Å²) in [7, 11) is 0. The number of nitrogens with two attached hydrogens (primary N) is 2. The van der Waals surface area contributed by atoms with Crippen LogP contribution in [0.1, 0.15) is 105 Å². The average molecular weight is 900 g/mol. The predicted octanol–water partition coefficient (Wildman–Crippen LogP) is 9.59. The molecule has 11 nitrogen and oxygen atoms in total. The number of hydrogen-bond acceptors (Lipinski definition) is 10. The fourth-order valence-corrected chi connectivity index (χ4v) is 10.5. The number of piperidine rings is 2. The first-order valence-electron chi connectivity index (χ1n) is 23.5. The maximum Gasteiger partial charge on any atom is 0.425 e. The number of benzene rings is 4. The van der Waals surface area contributed by atoms with E-state index in [0.717, 1.165) is 99.9 Å². The number of amides is 2. The lowest BCUT2D eigenvalue weighted by Crippen LogP contribution is -2.50. The summed E-state index contributed by atoms with van der Waals surface area (Å²) in [5.74, 6) is -1.83. The van der Waals surface area contributed by atoms with Gasteiger partial charge in [-0.25, -0.2) is 23.3 Å². The van der Waals surface area contributed by atoms with Crippen LogP contribution in [0.15, 0.2) is 103 Å². The van der Waals surface area contributed by atoms with E-state index >= 15 is 0 Å². The van der Waals surface area contributed by atoms with Crippen molar-refractivity contribution < 1.29 is 27.8 Å². The first-order valence-corrected chi connectivity index (χ1v) is 23.5. The molecule has 5 aliphatic rings. The highest BCUT2D eigenvalue weighted by molar-refractivity contribution is 5.90. The van der Waals surface area contributed by atoms with Crippen molar-refractivity contribution in [3.63, 3.8) is 0 Å². The van der Waals surface area contributed by atoms with Crippen LogP contribution < -0.4 is 16.2 Å². The van der Waals surface area contributed by atoms with Gasteiger partial charge in [-0.3, -0.25) is 9.80 Å². The lowest BCUT2D eigenvalue weighted by atomic mass is 9.69. The zero-order valence-corrected chi connectivity index (χ0v) is 38.0. The second-order valence-corrected chi connectivity index (χ2v) is 18.7. The van der Waals surface area contributed by atoms with Crippen molar-refractivity contribution in [3.8, 4) is 17.9 Å². The Labute approximate surface area is 388 Å². The molecule has 2 aliphatic carbocycles. The first kappa shape index (κ1) is 48.2. The zero-order valence-electron chi connectivity index (χ0n) is 38.0. The molecule has 9 rings (SSSR count). The topological polar surface area (TPSA) is 162 Å². The molecule has 5 fully saturated rings. The maximum atomic E-state index is 13.4. The number of nitrogens with zero attached hydrogens (tertiary/aromatic N) is 5. The molecule has 2 amide bonds. The zero-order chi connectivity index (χ0) is 46.7. The summed E-state index contributed by atoms with van der Waals surface area (Å²) in [4.78, 5) is 30.0. The van der Waals surface area contributed by atoms with Crippen LogP contribution in [0.5, 0.6) is 5.75 Å². The van der Waals surface area contributed by atoms with Crippen molar-refractivity contribution in [1.29, 1.82) is 10.5 Å². The number of cyclic esters (lactones) is 1. The van der Waals surface area contributed by atoms with Crippen molar-refractivity contribution in [3.05, 3.63) is 137 Å². The molecule has 3 heterocycles. The van der Waals surface area contributed by atoms with Gasteiger partial charge in [-0.05, 0) is 138 Å². The van der Waals surface area contributed by atoms with Crippen LogP contribution in [0.25, 0.3) is 0 Å². The Morgan fingerprint density at radius 2 is 1.18 bits per heavy atom. The van der Waals surface area contributed by atoms with Gasteiger partial charge in [-0.1, -0.05) is 84.4 Å². The van der Waals surface area contributed by atoms with E-state index in [1.807, 2.05) is 43.3 Å². The lowest BCUT2D eigenvalue weighted by molar-refractivity contribution is 0.106. The SMILES string of the molecule is Cc1ccc(OC(=O)N2C(=O)OCC2c2ccc(F)c(F)c2)cc1.N#CC1(c2ccccc2)CCC(N2CCCC(N)C2)CC1.N#CC1(c2ccccc2)CCC(N2CCCC(N)C2)CC1. The van der Waals surface area contributed by atoms with Crippen LogP contribution in [0, 0.1) is 41.2 Å². The number of aryl methyl sites for hydroxylation is 1. The van der Waals surface area contributed by atoms with E-state index < -0.39 is 29.9 Å². The van der Waals surface area contributed by atoms with Gasteiger partial charge in [0.1, 0.15) is 18.4 Å². The molecule has 4 N–H and O–H groups in total. The first-order chi connectivity index (χ1) is 31.9. The number of hydrogen-bond donors (Lipinski definition) is 2. The minimum atomic E-state index is -1.07. The monoisotopic (exact) mass is 899 g/mol. The molecule has 3 aliphatic heterocycles. The smallest absolute Gasteiger partial charge is 0.425 e. The number of imide groups is 1. The highest BCUT2D eigenvalue weighted by Crippen LogP contribution is 2.42. The summed E-state index contributed by atoms with van der Waals surface area (Å²) in [6.45, 7) is 6.16. The molecule has 0 bridgehead atoms. The molecule has 348 valence electrons. The van der Waals surface area contributed by atoms with Gasteiger partial charge in [0.2, 0.25) is 0 Å². The van der Waals surface area contributed by atoms with Crippen LogP contribution in [0.2, 0.25) is 0 Å². The minimum Gasteiger partial charge on any atom is -0.446 e. The molecule has 3 atom stereocenters. The van der Waals surface area contributed by atoms with Crippen molar-refractivity contribution >= 4 is 12.2 Å². The Morgan fingerprint density at radius 3 is 1.62 bits per heavy atom. The minimum absolute atomic E-state index is 0.160. The standard InChI is InChI=1S/2C18H25N3.C17H13F2NO4/c2*19-14-18(15-5-2-1-3-6-15)10-8-17(9-11-18)21-12-4-7-16(20)13-21;1-10-2-5-12(6-3-10)24-17(22)20-15(9-23-16(20)21)11-4-7-13(18)14(19)8-11/h2*1-3,5-6,16-17H,4,7-13,20H2;2-8,15H,9H2,1H3. The molecule has 0 radical (unpaired) electrons. The Morgan fingerprint density at radius 1 is 0.697 bits per heavy atom. The Hall–Kier alpha value is -5.70. The number of rotatable bonds is 6. The van der Waals surface area contributed by atoms with E-state index in [4.69, 9.17) is 20.9 Å². The molecule has 4 aromatic rings. The van der Waals surface area contributed by atoms with Crippen LogP contribution in [-0.4, -0.2) is 83.8 Å². The van der Waals surface area contributed by atoms with Crippen LogP contribution in [0.4, 0.5) is 18.4 Å². The lowest BCUT2D eigenvalue weighted by Gasteiger charge is -2.43. The molecule has 0 spiro atoms. The van der Waals surface area contributed by atoms with Gasteiger partial charge >= 0.3 is 12.2 Å². The van der Waals surface area contributed by atoms with Gasteiger partial charge in [0.15, 0.2) is 11.6 Å². The molecule has 13 heteroatoms. The number of ether oxygens (including phenoxy) is 2. The largest absolute Gasteiger partial charge is 0.446 e. The number of nitriles is 2. The summed E-state index contributed by atoms with van der Waals surface area (Å²) in [5, 5.41) is 19.5. The molecule has 4 aromatic carbocycles. The van der Waals surface area contributed by atoms with Crippen LogP contribution in [-0.2, 0) is 15.6 Å². The molecular formula is C53H63F2N7O4. The highest BCUT2D eigenvalue weighted by atomic mass is 19.2. The Balaban J connectivity index is 0.000000148. The predicted molar refractivity (Wildman–Crippen MR) is 249 cm³/mol. The second-order valence-electron chi connectivity index (χ2n) is 18.7. The van der Waals surface area contributed by atoms with Gasteiger partial charge in [-0.2, -0.15) is 10.5 Å². The third kappa shape index (κ3) is 11.6. The quantitative estimate of drug-likeness (QED) is 0.191. The van der Waals surface area contributed by atoms with Crippen molar-refractivity contribution in [1.82, 2.24) is 14.7 Å². The van der Waals surface area contributed by atoms with E-state index in [0.29, 0.717) is 24.2 Å². The van der Waals surface area contributed by atoms with Crippen LogP contribution >= 0.6 is 0 Å². The number of carbonyl (C=O) groups excluding carboxylic acids is 2. The van der Waals surface area contributed by atoms with Gasteiger partial charge in [0, 0.05) is 37.3 Å². The normalized spacial score (nSPS) is 28.0. The fourth-order valence-electron chi connectivity index (χ4n) is 10.5. The molecular weight excluding hydrogens is 837 g/mol. The molecule has 66 heavy (non-hydrogen) atoms. The molecule has 0 aromatic heterocycles. The van der Waals surface area contributed by atoms with Gasteiger partial charge in [0.25, 0.3) is 0 Å². The summed E-state index contributed by atoms with van der Waals surface area (Å²) in [5.41, 5.74) is 15.3. The summed E-state index contributed by atoms with van der Waals surface area (Å²) in [6, 6.07) is 36.8. The van der Waals surface area contributed by atoms with Crippen molar-refractivity contribution in [2.75, 3.05) is 32.8 Å².